The molecule has 4 heteroatoms. The largest absolute Gasteiger partial charge is 0.361 e. The van der Waals surface area contributed by atoms with Crippen LogP contribution in [0.4, 0.5) is 0 Å². The van der Waals surface area contributed by atoms with Crippen molar-refractivity contribution in [1.82, 2.24) is 3.11 Å². The first-order chi connectivity index (χ1) is 3.80. The number of oxime groups is 1. The van der Waals surface area contributed by atoms with Crippen LogP contribution in [-0.4, -0.2) is 8.95 Å². The van der Waals surface area contributed by atoms with Gasteiger partial charge in [-0.25, -0.2) is 0 Å². The van der Waals surface area contributed by atoms with Crippen LogP contribution in [0.3, 0.4) is 0 Å². The molecular weight excluding hydrogens is 219 g/mol. The van der Waals surface area contributed by atoms with E-state index in [1.807, 2.05) is 10.0 Å². The number of nitrogens with zero attached hydrogens (tertiary/aromatic N) is 2. The molecule has 0 saturated heterocycles. The van der Waals surface area contributed by atoms with Crippen LogP contribution in [-0.2, 0) is 4.84 Å². The van der Waals surface area contributed by atoms with Crippen LogP contribution in [0.1, 0.15) is 6.92 Å². The van der Waals surface area contributed by atoms with Crippen molar-refractivity contribution in [2.45, 2.75) is 6.92 Å². The van der Waals surface area contributed by atoms with Crippen molar-refractivity contribution in [3.63, 3.8) is 0 Å². The molecule has 0 N–H and O–H groups in total. The van der Waals surface area contributed by atoms with E-state index in [2.05, 4.69) is 32.9 Å². The minimum absolute atomic E-state index is 0.855. The number of halogens is 1. The first-order valence-electron chi connectivity index (χ1n) is 2.13. The van der Waals surface area contributed by atoms with Gasteiger partial charge >= 0.3 is 0 Å². The molecule has 0 bridgehead atoms. The Morgan fingerprint density at radius 1 is 1.88 bits per heavy atom. The minimum atomic E-state index is 0.855. The normalized spacial score (nSPS) is 17.8. The van der Waals surface area contributed by atoms with Gasteiger partial charge in [0, 0.05) is 0 Å². The number of hydrogen-bond donors (Lipinski definition) is 0. The Morgan fingerprint density at radius 3 is 3.00 bits per heavy atom. The third-order valence-corrected chi connectivity index (χ3v) is 1.77. The molecule has 3 nitrogen and oxygen atoms in total. The second-order valence-electron chi connectivity index (χ2n) is 1.34. The lowest BCUT2D eigenvalue weighted by atomic mass is 10.7. The highest BCUT2D eigenvalue weighted by molar-refractivity contribution is 14.1. The van der Waals surface area contributed by atoms with Gasteiger partial charge in [-0.1, -0.05) is 5.16 Å². The summed E-state index contributed by atoms with van der Waals surface area (Å²) in [6, 6.07) is 0. The van der Waals surface area contributed by atoms with Gasteiger partial charge in [0.25, 0.3) is 0 Å². The first kappa shape index (κ1) is 5.87. The van der Waals surface area contributed by atoms with Crippen molar-refractivity contribution in [3.05, 3.63) is 12.5 Å². The molecule has 0 aliphatic carbocycles. The summed E-state index contributed by atoms with van der Waals surface area (Å²) in [6.45, 7) is 1.87. The van der Waals surface area contributed by atoms with Crippen LogP contribution >= 0.6 is 22.9 Å². The average Bonchev–Trinajstić information content (AvgIpc) is 1.77. The van der Waals surface area contributed by atoms with Gasteiger partial charge in [-0.2, -0.15) is 0 Å². The molecule has 0 aromatic heterocycles. The van der Waals surface area contributed by atoms with Crippen molar-refractivity contribution < 1.29 is 4.84 Å². The molecule has 1 aliphatic heterocycles. The summed E-state index contributed by atoms with van der Waals surface area (Å²) in [5, 5.41) is 3.66. The highest BCUT2D eigenvalue weighted by atomic mass is 127. The monoisotopic (exact) mass is 224 g/mol. The van der Waals surface area contributed by atoms with E-state index in [0.29, 0.717) is 0 Å². The quantitative estimate of drug-likeness (QED) is 0.459. The van der Waals surface area contributed by atoms with Crippen LogP contribution < -0.4 is 0 Å². The summed E-state index contributed by atoms with van der Waals surface area (Å²) in [4.78, 5) is 4.61. The smallest absolute Gasteiger partial charge is 0.154 e. The van der Waals surface area contributed by atoms with Crippen molar-refractivity contribution >= 4 is 28.7 Å². The van der Waals surface area contributed by atoms with E-state index >= 15 is 0 Å². The van der Waals surface area contributed by atoms with Gasteiger partial charge in [-0.05, 0) is 6.92 Å². The molecule has 1 heterocycles. The molecule has 44 valence electrons. The van der Waals surface area contributed by atoms with E-state index in [9.17, 15) is 0 Å². The highest BCUT2D eigenvalue weighted by Gasteiger charge is 2.00. The molecule has 0 amide bonds. The Bertz CT molecular complexity index is 143. The summed E-state index contributed by atoms with van der Waals surface area (Å²) in [6.07, 6.45) is 3.32. The number of amidine groups is 1. The Hall–Kier alpha value is -0.260. The SMILES string of the molecule is CC1=NOC=CN1I. The Morgan fingerprint density at radius 2 is 2.62 bits per heavy atom. The van der Waals surface area contributed by atoms with Crippen LogP contribution in [0, 0.1) is 0 Å². The maximum atomic E-state index is 4.61. The molecule has 0 aromatic carbocycles. The molecule has 0 atom stereocenters. The summed E-state index contributed by atoms with van der Waals surface area (Å²) in [5.41, 5.74) is 0. The molecule has 0 aromatic rings. The fraction of sp³-hybridized carbons (Fsp3) is 0.250. The van der Waals surface area contributed by atoms with E-state index in [4.69, 9.17) is 0 Å². The van der Waals surface area contributed by atoms with E-state index in [1.54, 1.807) is 6.20 Å². The van der Waals surface area contributed by atoms with Crippen molar-refractivity contribution in [2.24, 2.45) is 5.16 Å². The lowest BCUT2D eigenvalue weighted by Crippen LogP contribution is -2.13. The van der Waals surface area contributed by atoms with Crippen LogP contribution in [0.25, 0.3) is 0 Å². The van der Waals surface area contributed by atoms with Crippen LogP contribution in [0.15, 0.2) is 17.6 Å². The first-order valence-corrected chi connectivity index (χ1v) is 3.09. The van der Waals surface area contributed by atoms with Crippen LogP contribution in [0.2, 0.25) is 0 Å². The molecular formula is C4H5IN2O. The lowest BCUT2D eigenvalue weighted by Gasteiger charge is -2.11. The Balaban J connectivity index is 2.63. The van der Waals surface area contributed by atoms with Gasteiger partial charge in [-0.15, -0.1) is 0 Å². The zero-order chi connectivity index (χ0) is 5.98. The molecule has 8 heavy (non-hydrogen) atoms. The van der Waals surface area contributed by atoms with Crippen molar-refractivity contribution in [3.8, 4) is 0 Å². The highest BCUT2D eigenvalue weighted by Crippen LogP contribution is 2.06. The maximum Gasteiger partial charge on any atom is 0.154 e. The molecule has 1 aliphatic rings. The molecule has 1 rings (SSSR count). The predicted molar refractivity (Wildman–Crippen MR) is 39.2 cm³/mol. The zero-order valence-electron chi connectivity index (χ0n) is 4.34. The van der Waals surface area contributed by atoms with Crippen molar-refractivity contribution in [1.29, 1.82) is 0 Å². The second-order valence-corrected chi connectivity index (χ2v) is 2.38. The average molecular weight is 224 g/mol. The van der Waals surface area contributed by atoms with E-state index < -0.39 is 0 Å². The number of rotatable bonds is 0. The molecule has 0 unspecified atom stereocenters. The van der Waals surface area contributed by atoms with Crippen molar-refractivity contribution in [2.75, 3.05) is 0 Å². The van der Waals surface area contributed by atoms with Gasteiger partial charge in [0.2, 0.25) is 0 Å². The molecule has 0 fully saturated rings. The topological polar surface area (TPSA) is 24.8 Å². The standard InChI is InChI=1S/C4H5IN2O/c1-4-6-8-3-2-7(4)5/h2-3H,1H3. The summed E-state index contributed by atoms with van der Waals surface area (Å²) in [7, 11) is 0. The third-order valence-electron chi connectivity index (χ3n) is 0.747. The van der Waals surface area contributed by atoms with Crippen LogP contribution in [0.5, 0.6) is 0 Å². The third kappa shape index (κ3) is 1.12. The fourth-order valence-electron chi connectivity index (χ4n) is 0.334. The minimum Gasteiger partial charge on any atom is -0.361 e. The van der Waals surface area contributed by atoms with E-state index in [0.717, 1.165) is 5.84 Å². The Kier molecular flexibility index (Phi) is 1.72. The lowest BCUT2D eigenvalue weighted by molar-refractivity contribution is 0.254. The maximum absolute atomic E-state index is 4.61. The summed E-state index contributed by atoms with van der Waals surface area (Å²) < 4.78 is 1.85. The molecule has 0 spiro atoms. The zero-order valence-corrected chi connectivity index (χ0v) is 6.49. The van der Waals surface area contributed by atoms with Gasteiger partial charge in [0.1, 0.15) is 6.26 Å². The molecule has 0 radical (unpaired) electrons. The van der Waals surface area contributed by atoms with Gasteiger partial charge in [0.15, 0.2) is 5.84 Å². The summed E-state index contributed by atoms with van der Waals surface area (Å²) in [5.74, 6) is 0.855. The van der Waals surface area contributed by atoms with E-state index in [-0.39, 0.29) is 0 Å². The second kappa shape index (κ2) is 2.34. The van der Waals surface area contributed by atoms with Gasteiger partial charge in [-0.3, -0.25) is 3.11 Å². The van der Waals surface area contributed by atoms with Gasteiger partial charge < -0.3 is 4.84 Å². The predicted octanol–water partition coefficient (Wildman–Crippen LogP) is 1.47. The fourth-order valence-corrected chi connectivity index (χ4v) is 0.554. The number of hydrogen-bond acceptors (Lipinski definition) is 3. The van der Waals surface area contributed by atoms with E-state index in [1.165, 1.54) is 6.26 Å². The van der Waals surface area contributed by atoms with Gasteiger partial charge in [0.05, 0.1) is 29.1 Å². The Labute approximate surface area is 61.5 Å². The summed E-state index contributed by atoms with van der Waals surface area (Å²) >= 11 is 2.12. The molecule has 0 saturated carbocycles.